The number of hydrogen-bond acceptors (Lipinski definition) is 3. The lowest BCUT2D eigenvalue weighted by atomic mass is 10.0. The molecule has 1 heterocycles. The van der Waals surface area contributed by atoms with Crippen LogP contribution in [0.2, 0.25) is 0 Å². The first-order chi connectivity index (χ1) is 10.2. The zero-order valence-corrected chi connectivity index (χ0v) is 13.4. The third-order valence-corrected chi connectivity index (χ3v) is 5.44. The molecule has 0 radical (unpaired) electrons. The Morgan fingerprint density at radius 3 is 2.48 bits per heavy atom. The highest BCUT2D eigenvalue weighted by Gasteiger charge is 2.36. The number of nitrogens with one attached hydrogen (secondary N) is 2. The van der Waals surface area contributed by atoms with Gasteiger partial charge in [-0.2, -0.15) is 0 Å². The van der Waals surface area contributed by atoms with E-state index in [2.05, 4.69) is 22.5 Å². The van der Waals surface area contributed by atoms with E-state index in [9.17, 15) is 4.79 Å². The van der Waals surface area contributed by atoms with Crippen LogP contribution < -0.4 is 10.6 Å². The lowest BCUT2D eigenvalue weighted by Gasteiger charge is -2.34. The minimum absolute atomic E-state index is 0.0295. The van der Waals surface area contributed by atoms with Gasteiger partial charge < -0.3 is 10.6 Å². The van der Waals surface area contributed by atoms with Crippen LogP contribution in [0.4, 0.5) is 0 Å². The quantitative estimate of drug-likeness (QED) is 0.788. The summed E-state index contributed by atoms with van der Waals surface area (Å²) in [6.07, 6.45) is 11.3. The average Bonchev–Trinajstić information content (AvgIpc) is 3.22. The summed E-state index contributed by atoms with van der Waals surface area (Å²) in [6, 6.07) is 1.70. The van der Waals surface area contributed by atoms with Crippen LogP contribution in [0.3, 0.4) is 0 Å². The summed E-state index contributed by atoms with van der Waals surface area (Å²) in [6.45, 7) is 4.29. The Morgan fingerprint density at radius 2 is 1.86 bits per heavy atom. The highest BCUT2D eigenvalue weighted by atomic mass is 16.2. The molecule has 3 aliphatic rings. The van der Waals surface area contributed by atoms with Gasteiger partial charge in [-0.3, -0.25) is 9.69 Å². The Labute approximate surface area is 129 Å². The van der Waals surface area contributed by atoms with Crippen molar-refractivity contribution in [1.29, 1.82) is 0 Å². The van der Waals surface area contributed by atoms with Crippen molar-refractivity contribution < 1.29 is 4.79 Å². The molecule has 0 aromatic rings. The SMILES string of the molecule is CC(C(=O)NC1CCCC1)N(CC1CCCCN1)C1CC1. The van der Waals surface area contributed by atoms with Crippen molar-refractivity contribution in [2.45, 2.75) is 88.9 Å². The van der Waals surface area contributed by atoms with Crippen molar-refractivity contribution in [3.05, 3.63) is 0 Å². The Kier molecular flexibility index (Phi) is 5.17. The third kappa shape index (κ3) is 4.19. The van der Waals surface area contributed by atoms with Gasteiger partial charge in [-0.1, -0.05) is 19.3 Å². The normalized spacial score (nSPS) is 28.8. The fourth-order valence-electron chi connectivity index (χ4n) is 3.91. The molecule has 1 aliphatic heterocycles. The minimum atomic E-state index is 0.0295. The van der Waals surface area contributed by atoms with E-state index in [4.69, 9.17) is 0 Å². The van der Waals surface area contributed by atoms with Gasteiger partial charge >= 0.3 is 0 Å². The Morgan fingerprint density at radius 1 is 1.14 bits per heavy atom. The average molecular weight is 293 g/mol. The van der Waals surface area contributed by atoms with Crippen molar-refractivity contribution in [1.82, 2.24) is 15.5 Å². The van der Waals surface area contributed by atoms with Crippen LogP contribution in [-0.4, -0.2) is 48.1 Å². The third-order valence-electron chi connectivity index (χ3n) is 5.44. The molecule has 3 fully saturated rings. The van der Waals surface area contributed by atoms with Crippen LogP contribution in [0.25, 0.3) is 0 Å². The number of nitrogens with zero attached hydrogens (tertiary/aromatic N) is 1. The number of carbonyl (C=O) groups is 1. The molecule has 4 heteroatoms. The molecule has 2 saturated carbocycles. The number of carbonyl (C=O) groups excluding carboxylic acids is 1. The molecule has 0 bridgehead atoms. The first kappa shape index (κ1) is 15.3. The fraction of sp³-hybridized carbons (Fsp3) is 0.941. The van der Waals surface area contributed by atoms with E-state index in [0.29, 0.717) is 18.1 Å². The van der Waals surface area contributed by atoms with Gasteiger partial charge in [-0.25, -0.2) is 0 Å². The first-order valence-corrected chi connectivity index (χ1v) is 9.03. The monoisotopic (exact) mass is 293 g/mol. The Bertz CT molecular complexity index is 344. The largest absolute Gasteiger partial charge is 0.352 e. The standard InChI is InChI=1S/C17H31N3O/c1-13(17(21)19-14-6-2-3-7-14)20(16-9-10-16)12-15-8-4-5-11-18-15/h13-16,18H,2-12H2,1H3,(H,19,21). The first-order valence-electron chi connectivity index (χ1n) is 9.03. The van der Waals surface area contributed by atoms with Crippen LogP contribution in [0, 0.1) is 0 Å². The van der Waals surface area contributed by atoms with Crippen LogP contribution in [0.1, 0.15) is 64.7 Å². The summed E-state index contributed by atoms with van der Waals surface area (Å²) in [4.78, 5) is 15.0. The maximum Gasteiger partial charge on any atom is 0.237 e. The molecule has 1 amide bonds. The fourth-order valence-corrected chi connectivity index (χ4v) is 3.91. The van der Waals surface area contributed by atoms with Gasteiger partial charge in [0.25, 0.3) is 0 Å². The highest BCUT2D eigenvalue weighted by Crippen LogP contribution is 2.29. The Hall–Kier alpha value is -0.610. The van der Waals surface area contributed by atoms with Gasteiger partial charge in [0.15, 0.2) is 0 Å². The van der Waals surface area contributed by atoms with Crippen molar-refractivity contribution >= 4 is 5.91 Å². The number of hydrogen-bond donors (Lipinski definition) is 2. The van der Waals surface area contributed by atoms with Gasteiger partial charge in [-0.05, 0) is 52.0 Å². The van der Waals surface area contributed by atoms with E-state index < -0.39 is 0 Å². The van der Waals surface area contributed by atoms with Crippen LogP contribution in [0.5, 0.6) is 0 Å². The van der Waals surface area contributed by atoms with E-state index in [1.807, 2.05) is 0 Å². The van der Waals surface area contributed by atoms with E-state index >= 15 is 0 Å². The maximum absolute atomic E-state index is 12.5. The van der Waals surface area contributed by atoms with Crippen LogP contribution in [-0.2, 0) is 4.79 Å². The number of amides is 1. The highest BCUT2D eigenvalue weighted by molar-refractivity contribution is 5.81. The lowest BCUT2D eigenvalue weighted by molar-refractivity contribution is -0.127. The second-order valence-corrected chi connectivity index (χ2v) is 7.24. The van der Waals surface area contributed by atoms with Gasteiger partial charge in [0, 0.05) is 24.7 Å². The molecule has 2 N–H and O–H groups in total. The summed E-state index contributed by atoms with van der Waals surface area (Å²) in [7, 11) is 0. The van der Waals surface area contributed by atoms with Crippen molar-refractivity contribution in [2.24, 2.45) is 0 Å². The minimum Gasteiger partial charge on any atom is -0.352 e. The summed E-state index contributed by atoms with van der Waals surface area (Å²) in [5.74, 6) is 0.254. The number of piperidine rings is 1. The molecule has 4 nitrogen and oxygen atoms in total. The zero-order valence-electron chi connectivity index (χ0n) is 13.4. The zero-order chi connectivity index (χ0) is 14.7. The van der Waals surface area contributed by atoms with Crippen molar-refractivity contribution in [3.8, 4) is 0 Å². The van der Waals surface area contributed by atoms with Gasteiger partial charge in [0.1, 0.15) is 0 Å². The summed E-state index contributed by atoms with van der Waals surface area (Å²) in [5, 5.41) is 6.90. The van der Waals surface area contributed by atoms with Crippen molar-refractivity contribution in [3.63, 3.8) is 0 Å². The molecular weight excluding hydrogens is 262 g/mol. The van der Waals surface area contributed by atoms with E-state index in [1.54, 1.807) is 0 Å². The molecule has 0 spiro atoms. The van der Waals surface area contributed by atoms with E-state index in [-0.39, 0.29) is 11.9 Å². The van der Waals surface area contributed by atoms with Gasteiger partial charge in [0.05, 0.1) is 6.04 Å². The smallest absolute Gasteiger partial charge is 0.237 e. The molecule has 2 atom stereocenters. The molecule has 3 rings (SSSR count). The predicted molar refractivity (Wildman–Crippen MR) is 85.2 cm³/mol. The maximum atomic E-state index is 12.5. The molecule has 21 heavy (non-hydrogen) atoms. The molecule has 120 valence electrons. The summed E-state index contributed by atoms with van der Waals surface area (Å²) >= 11 is 0. The van der Waals surface area contributed by atoms with Gasteiger partial charge in [0.2, 0.25) is 5.91 Å². The van der Waals surface area contributed by atoms with E-state index in [0.717, 1.165) is 13.1 Å². The Balaban J connectivity index is 1.53. The van der Waals surface area contributed by atoms with Crippen LogP contribution >= 0.6 is 0 Å². The molecule has 2 unspecified atom stereocenters. The molecular formula is C17H31N3O. The van der Waals surface area contributed by atoms with E-state index in [1.165, 1.54) is 57.8 Å². The second-order valence-electron chi connectivity index (χ2n) is 7.24. The predicted octanol–water partition coefficient (Wildman–Crippen LogP) is 2.04. The van der Waals surface area contributed by atoms with Crippen LogP contribution in [0.15, 0.2) is 0 Å². The van der Waals surface area contributed by atoms with Crippen molar-refractivity contribution in [2.75, 3.05) is 13.1 Å². The molecule has 2 aliphatic carbocycles. The van der Waals surface area contributed by atoms with Gasteiger partial charge in [-0.15, -0.1) is 0 Å². The molecule has 0 aromatic heterocycles. The lowest BCUT2D eigenvalue weighted by Crippen LogP contribution is -2.53. The summed E-state index contributed by atoms with van der Waals surface area (Å²) < 4.78 is 0. The summed E-state index contributed by atoms with van der Waals surface area (Å²) in [5.41, 5.74) is 0. The number of rotatable bonds is 6. The molecule has 1 saturated heterocycles. The second kappa shape index (κ2) is 7.10. The molecule has 0 aromatic carbocycles. The topological polar surface area (TPSA) is 44.4 Å².